The number of rotatable bonds is 5. The van der Waals surface area contributed by atoms with E-state index in [0.29, 0.717) is 0 Å². The Kier molecular flexibility index (Phi) is 10.7. The van der Waals surface area contributed by atoms with Gasteiger partial charge in [0.25, 0.3) is 0 Å². The van der Waals surface area contributed by atoms with Crippen LogP contribution < -0.4 is 4.40 Å². The van der Waals surface area contributed by atoms with Gasteiger partial charge in [-0.15, -0.1) is 23.8 Å². The number of hydrogen-bond acceptors (Lipinski definition) is 3. The maximum Gasteiger partial charge on any atom is 0 e. The van der Waals surface area contributed by atoms with E-state index >= 15 is 0 Å². The summed E-state index contributed by atoms with van der Waals surface area (Å²) in [6.45, 7) is 2.15. The van der Waals surface area contributed by atoms with Crippen LogP contribution in [0.3, 0.4) is 0 Å². The molecule has 49 heavy (non-hydrogen) atoms. The summed E-state index contributed by atoms with van der Waals surface area (Å²) >= 11 is 0.122. The summed E-state index contributed by atoms with van der Waals surface area (Å²) < 4.78 is 4.02. The first kappa shape index (κ1) is 34.7. The van der Waals surface area contributed by atoms with Crippen LogP contribution in [0.4, 0.5) is 0 Å². The number of nitrogens with zero attached hydrogens (tertiary/aromatic N) is 2. The van der Waals surface area contributed by atoms with Gasteiger partial charge in [0.15, 0.2) is 0 Å². The Morgan fingerprint density at radius 3 is 1.92 bits per heavy atom. The molecule has 0 saturated heterocycles. The zero-order chi connectivity index (χ0) is 33.1. The van der Waals surface area contributed by atoms with Gasteiger partial charge in [-0.1, -0.05) is 90.3 Å². The van der Waals surface area contributed by atoms with Crippen molar-refractivity contribution in [2.45, 2.75) is 24.2 Å². The average Bonchev–Trinajstić information content (AvgIpc) is 3.51. The molecule has 0 unspecified atom stereocenters. The Hall–Kier alpha value is -4.19. The molecule has 8 rings (SSSR count). The molecular formula is C44H36GeIrN2S-2. The predicted molar refractivity (Wildman–Crippen MR) is 208 cm³/mol. The fraction of sp³-hybridized carbons (Fsp3) is 0.0909. The van der Waals surface area contributed by atoms with Crippen LogP contribution in [0.15, 0.2) is 146 Å². The third-order valence-corrected chi connectivity index (χ3v) is 14.1. The molecule has 0 aliphatic carbocycles. The molecule has 0 fully saturated rings. The smallest absolute Gasteiger partial charge is 0 e. The molecule has 3 heterocycles. The zero-order valence-electron chi connectivity index (χ0n) is 28.0. The molecule has 243 valence electrons. The van der Waals surface area contributed by atoms with Gasteiger partial charge < -0.3 is 4.98 Å². The van der Waals surface area contributed by atoms with Crippen molar-refractivity contribution in [3.05, 3.63) is 164 Å². The summed E-state index contributed by atoms with van der Waals surface area (Å²) in [5, 5.41) is 2.56. The Labute approximate surface area is 309 Å². The average molecular weight is 890 g/mol. The quantitative estimate of drug-likeness (QED) is 0.127. The van der Waals surface area contributed by atoms with E-state index < -0.39 is 13.3 Å². The van der Waals surface area contributed by atoms with Gasteiger partial charge in [0.05, 0.1) is 0 Å². The monoisotopic (exact) mass is 891 g/mol. The molecule has 2 nitrogen and oxygen atoms in total. The summed E-state index contributed by atoms with van der Waals surface area (Å²) in [5.74, 6) is 7.14. The maximum absolute atomic E-state index is 4.79. The molecule has 1 radical (unpaired) electrons. The first-order valence-corrected chi connectivity index (χ1v) is 24.4. The van der Waals surface area contributed by atoms with E-state index in [1.165, 1.54) is 52.4 Å². The van der Waals surface area contributed by atoms with E-state index in [4.69, 9.17) is 4.98 Å². The number of aromatic nitrogens is 2. The summed E-state index contributed by atoms with van der Waals surface area (Å²) in [7, 11) is 0. The Morgan fingerprint density at radius 1 is 0.592 bits per heavy atom. The standard InChI is InChI=1S/C30H20NS.C14H16GeN.Ir/c1-20-17-28(31-19-27(20)22-11-6-3-7-12-22)23-15-16-29-26(18-23)25-14-8-13-24(30(25)32-29)21-9-4-2-5-10-21;1-15(2,3)13-9-10-14(16-11-13)12-7-5-4-6-8-12;/h2-14,16-19H,1H3;4-7,9-11H,1-3H3;/q2*-1;. The fourth-order valence-electron chi connectivity index (χ4n) is 5.91. The van der Waals surface area contributed by atoms with Gasteiger partial charge in [-0.3, -0.25) is 0 Å². The molecule has 0 saturated carbocycles. The van der Waals surface area contributed by atoms with Gasteiger partial charge in [0.2, 0.25) is 0 Å². The second-order valence-electron chi connectivity index (χ2n) is 13.0. The minimum absolute atomic E-state index is 0. The number of aryl methyl sites for hydroxylation is 1. The van der Waals surface area contributed by atoms with E-state index in [9.17, 15) is 0 Å². The summed E-state index contributed by atoms with van der Waals surface area (Å²) in [6.07, 6.45) is 4.02. The summed E-state index contributed by atoms with van der Waals surface area (Å²) in [4.78, 5) is 9.33. The minimum Gasteiger partial charge on any atom is 0 e. The topological polar surface area (TPSA) is 25.8 Å². The third kappa shape index (κ3) is 7.69. The van der Waals surface area contributed by atoms with Crippen LogP contribution in [-0.2, 0) is 20.1 Å². The molecule has 0 aliphatic rings. The second kappa shape index (κ2) is 15.1. The molecule has 5 aromatic carbocycles. The molecule has 0 aliphatic heterocycles. The molecule has 0 atom stereocenters. The Bertz CT molecular complexity index is 2310. The number of hydrogen-bond donors (Lipinski definition) is 0. The van der Waals surface area contributed by atoms with Gasteiger partial charge in [0.1, 0.15) is 0 Å². The van der Waals surface area contributed by atoms with Gasteiger partial charge in [-0.2, -0.15) is 11.3 Å². The molecule has 5 heteroatoms. The molecule has 8 aromatic rings. The van der Waals surface area contributed by atoms with Gasteiger partial charge in [0, 0.05) is 36.6 Å². The number of pyridine rings is 2. The molecule has 0 spiro atoms. The van der Waals surface area contributed by atoms with Crippen LogP contribution in [0, 0.1) is 19.1 Å². The predicted octanol–water partition coefficient (Wildman–Crippen LogP) is 11.7. The molecule has 3 aromatic heterocycles. The van der Waals surface area contributed by atoms with Crippen LogP contribution in [0.25, 0.3) is 64.9 Å². The minimum atomic E-state index is -1.72. The van der Waals surface area contributed by atoms with E-state index in [1.807, 2.05) is 54.1 Å². The number of fused-ring (bicyclic) bond motifs is 3. The Morgan fingerprint density at radius 2 is 1.29 bits per heavy atom. The van der Waals surface area contributed by atoms with Crippen molar-refractivity contribution >= 4 is 49.2 Å². The maximum atomic E-state index is 4.79. The van der Waals surface area contributed by atoms with Crippen LogP contribution >= 0.6 is 11.3 Å². The van der Waals surface area contributed by atoms with Crippen LogP contribution in [-0.4, -0.2) is 23.2 Å². The largest absolute Gasteiger partial charge is 0 e. The molecule has 0 amide bonds. The van der Waals surface area contributed by atoms with Crippen LogP contribution in [0.1, 0.15) is 5.56 Å². The molecular weight excluding hydrogens is 853 g/mol. The second-order valence-corrected chi connectivity index (χ2v) is 24.7. The number of thiophene rings is 1. The zero-order valence-corrected chi connectivity index (χ0v) is 33.3. The van der Waals surface area contributed by atoms with Crippen molar-refractivity contribution in [1.82, 2.24) is 9.97 Å². The van der Waals surface area contributed by atoms with Gasteiger partial charge >= 0.3 is 99.8 Å². The summed E-state index contributed by atoms with van der Waals surface area (Å²) in [5.41, 5.74) is 10.2. The normalized spacial score (nSPS) is 11.1. The number of benzene rings is 5. The Balaban J connectivity index is 0.000000208. The third-order valence-electron chi connectivity index (χ3n) is 8.60. The van der Waals surface area contributed by atoms with E-state index in [-0.39, 0.29) is 20.1 Å². The first-order chi connectivity index (χ1) is 23.3. The van der Waals surface area contributed by atoms with E-state index in [2.05, 4.69) is 144 Å². The van der Waals surface area contributed by atoms with Crippen molar-refractivity contribution in [2.24, 2.45) is 0 Å². The van der Waals surface area contributed by atoms with Crippen molar-refractivity contribution in [3.63, 3.8) is 0 Å². The van der Waals surface area contributed by atoms with Crippen molar-refractivity contribution in [1.29, 1.82) is 0 Å². The summed E-state index contributed by atoms with van der Waals surface area (Å²) in [6, 6.07) is 53.1. The van der Waals surface area contributed by atoms with Crippen LogP contribution in [0.2, 0.25) is 17.3 Å². The van der Waals surface area contributed by atoms with Crippen molar-refractivity contribution in [3.8, 4) is 44.8 Å². The SMILES string of the molecule is Cc1cc(-c2[c-]cc3sc4c(-c5ccccc5)cccc4c3c2)ncc1-c1ccccc1.[CH3][Ge]([CH3])([CH3])[c]1ccc(-c2[c-]cccc2)nc1.[Ir]. The van der Waals surface area contributed by atoms with Gasteiger partial charge in [-0.25, -0.2) is 0 Å². The van der Waals surface area contributed by atoms with Crippen LogP contribution in [0.5, 0.6) is 0 Å². The first-order valence-electron chi connectivity index (χ1n) is 16.2. The van der Waals surface area contributed by atoms with E-state index in [0.717, 1.165) is 22.5 Å². The van der Waals surface area contributed by atoms with Gasteiger partial charge in [-0.05, 0) is 45.0 Å². The van der Waals surface area contributed by atoms with E-state index in [1.54, 1.807) is 0 Å². The van der Waals surface area contributed by atoms with Crippen molar-refractivity contribution < 1.29 is 20.1 Å². The molecule has 0 bridgehead atoms. The van der Waals surface area contributed by atoms with Crippen molar-refractivity contribution in [2.75, 3.05) is 0 Å². The fourth-order valence-corrected chi connectivity index (χ4v) is 9.28. The molecule has 0 N–H and O–H groups in total.